The number of nitrogens with zero attached hydrogens (tertiary/aromatic N) is 4. The van der Waals surface area contributed by atoms with Crippen LogP contribution in [0.5, 0.6) is 11.5 Å². The number of nitrogens with one attached hydrogen (secondary N) is 8. The molecule has 8 fully saturated rings. The first-order valence-electron chi connectivity index (χ1n) is 54.6. The predicted molar refractivity (Wildman–Crippen MR) is 581 cm³/mol. The number of amides is 8. The molecule has 12 atom stereocenters. The number of para-hydroxylation sites is 2. The summed E-state index contributed by atoms with van der Waals surface area (Å²) in [5.41, 5.74) is -2.47. The molecule has 4 heterocycles. The molecule has 4 aromatic carbocycles. The maximum atomic E-state index is 14.8. The largest absolute Gasteiger partial charge is 0.493 e. The molecule has 0 aromatic heterocycles. The van der Waals surface area contributed by atoms with Crippen molar-refractivity contribution >= 4 is 62.7 Å². The van der Waals surface area contributed by atoms with Gasteiger partial charge in [-0.3, -0.25) is 0 Å². The molecule has 26 nitrogen and oxygen atoms in total. The predicted octanol–water partition coefficient (Wildman–Crippen LogP) is 19.4. The summed E-state index contributed by atoms with van der Waals surface area (Å²) in [5, 5.41) is 74.2. The number of urea groups is 4. The minimum Gasteiger partial charge on any atom is -0.493 e. The van der Waals surface area contributed by atoms with Crippen molar-refractivity contribution in [1.29, 1.82) is 0 Å². The highest BCUT2D eigenvalue weighted by atomic mass is 35.5. The van der Waals surface area contributed by atoms with Crippen LogP contribution in [0.15, 0.2) is 91.0 Å². The van der Waals surface area contributed by atoms with Gasteiger partial charge in [0, 0.05) is 229 Å². The van der Waals surface area contributed by atoms with Crippen LogP contribution in [0.3, 0.4) is 0 Å². The van der Waals surface area contributed by atoms with Crippen molar-refractivity contribution < 1.29 is 94.4 Å². The fraction of sp³-hybridized carbons (Fsp3) is 0.750. The summed E-state index contributed by atoms with van der Waals surface area (Å²) >= 11 is 6.26. The van der Waals surface area contributed by atoms with Crippen molar-refractivity contribution in [1.82, 2.24) is 62.1 Å². The molecule has 4 saturated heterocycles. The van der Waals surface area contributed by atoms with E-state index in [1.165, 1.54) is 37.8 Å². The van der Waals surface area contributed by atoms with Gasteiger partial charge in [-0.15, -0.1) is 0 Å². The highest BCUT2D eigenvalue weighted by Crippen LogP contribution is 2.51. The topological polar surface area (TPSA) is 314 Å². The van der Waals surface area contributed by atoms with Crippen molar-refractivity contribution in [2.24, 2.45) is 53.3 Å². The molecule has 4 aliphatic carbocycles. The number of likely N-dealkylation sites (N-methyl/N-ethyl adjacent to an activating group) is 4. The van der Waals surface area contributed by atoms with Crippen LogP contribution in [0, 0.1) is 64.9 Å². The minimum atomic E-state index is -2.61. The lowest BCUT2D eigenvalue weighted by Gasteiger charge is -2.43. The van der Waals surface area contributed by atoms with Gasteiger partial charge in [-0.25, -0.2) is 45.5 Å². The van der Waals surface area contributed by atoms with Crippen LogP contribution in [0.1, 0.15) is 275 Å². The number of methoxy groups -OCH3 is 4. The molecule has 12 rings (SSSR count). The van der Waals surface area contributed by atoms with E-state index in [0.29, 0.717) is 153 Å². The lowest BCUT2D eigenvalue weighted by atomic mass is 9.73. The zero-order valence-electron chi connectivity index (χ0n) is 90.3. The Morgan fingerprint density at radius 3 is 1.12 bits per heavy atom. The Hall–Kier alpha value is -6.35. The number of carbonyl (C=O) groups is 4. The molecule has 8 amide bonds. The van der Waals surface area contributed by atoms with E-state index >= 15 is 0 Å². The van der Waals surface area contributed by atoms with Gasteiger partial charge in [0.2, 0.25) is 11.8 Å². The first-order valence-corrected chi connectivity index (χ1v) is 55.0. The van der Waals surface area contributed by atoms with Crippen molar-refractivity contribution in [3.8, 4) is 11.5 Å². The average Bonchev–Trinajstić information content (AvgIpc) is 1.79. The van der Waals surface area contributed by atoms with Crippen LogP contribution >= 0.6 is 38.6 Å². The molecule has 8 aliphatic rings. The number of hydrogen-bond donors (Lipinski definition) is 12. The normalized spacial score (nSPS) is 21.4. The summed E-state index contributed by atoms with van der Waals surface area (Å²) in [5.74, 6) is -4.85. The van der Waals surface area contributed by atoms with E-state index in [4.69, 9.17) is 40.0 Å². The molecule has 0 unspecified atom stereocenters. The van der Waals surface area contributed by atoms with Gasteiger partial charge < -0.3 is 111 Å². The quantitative estimate of drug-likeness (QED) is 0.0144. The van der Waals surface area contributed by atoms with Crippen LogP contribution < -0.4 is 52.0 Å². The second-order valence-corrected chi connectivity index (χ2v) is 44.1. The smallest absolute Gasteiger partial charge is 0.317 e. The summed E-state index contributed by atoms with van der Waals surface area (Å²) in [7, 11) is 14.0. The lowest BCUT2D eigenvalue weighted by molar-refractivity contribution is -0.114. The van der Waals surface area contributed by atoms with Gasteiger partial charge in [-0.2, -0.15) is 27.0 Å². The summed E-state index contributed by atoms with van der Waals surface area (Å²) < 4.78 is 116. The van der Waals surface area contributed by atoms with E-state index in [2.05, 4.69) is 70.2 Å². The molecule has 4 aliphatic heterocycles. The SMILES string of the molecule is CNC[C@H](CC(C)C)NC(=O)N1CCC[C@@H]([C@@](O)(CCCCOC)c2ccccc2OC2CCCC2)C1.CNC[C@H](CC(C)C)NC(=O)N1CCC[C@@H]([C@@](O)(CCCCOC)c2ccccc2OCCC2CC2)C1.CNC[C@H](CC1CC(F)(F)C1)NC(=O)N1CCC[C@@H]([C@@](O)(CCCCOC)c2cccc(Cl)c2)C1.CNC[C@H](CC1CC(F)(F)C1)NC(=O)N1CCC[C@@H]([C@@](O)(CCCCOC)c2cccc(F)c2F)C1.S.S. The van der Waals surface area contributed by atoms with Gasteiger partial charge in [0.1, 0.15) is 11.5 Å². The third kappa shape index (κ3) is 40.5. The van der Waals surface area contributed by atoms with Crippen molar-refractivity contribution in [3.05, 3.63) is 130 Å². The van der Waals surface area contributed by atoms with Gasteiger partial charge >= 0.3 is 24.1 Å². The highest BCUT2D eigenvalue weighted by molar-refractivity contribution is 7.59. The van der Waals surface area contributed by atoms with Crippen molar-refractivity contribution in [2.75, 3.05) is 168 Å². The van der Waals surface area contributed by atoms with E-state index in [-0.39, 0.29) is 155 Å². The number of piperidine rings is 4. The van der Waals surface area contributed by atoms with Crippen LogP contribution in [-0.4, -0.2) is 274 Å². The maximum Gasteiger partial charge on any atom is 0.317 e. The fourth-order valence-electron chi connectivity index (χ4n) is 23.1. The Balaban J connectivity index is 0.000000264. The van der Waals surface area contributed by atoms with Crippen molar-refractivity contribution in [3.63, 3.8) is 0 Å². The van der Waals surface area contributed by atoms with Crippen LogP contribution in [0.25, 0.3) is 0 Å². The summed E-state index contributed by atoms with van der Waals surface area (Å²) in [6, 6.07) is 26.2. The van der Waals surface area contributed by atoms with Gasteiger partial charge in [-0.05, 0) is 280 Å². The molecular weight excluding hydrogens is 1950 g/mol. The van der Waals surface area contributed by atoms with Gasteiger partial charge in [0.15, 0.2) is 11.6 Å². The number of unbranched alkanes of at least 4 members (excludes halogenated alkanes) is 4. The van der Waals surface area contributed by atoms with Gasteiger partial charge in [0.05, 0.1) is 35.1 Å². The number of rotatable bonds is 54. The third-order valence-electron chi connectivity index (χ3n) is 30.9. The average molecular weight is 2140 g/mol. The third-order valence-corrected chi connectivity index (χ3v) is 31.1. The Kier molecular flexibility index (Phi) is 56.2. The molecule has 838 valence electrons. The van der Waals surface area contributed by atoms with Crippen molar-refractivity contribution in [2.45, 2.75) is 317 Å². The van der Waals surface area contributed by atoms with E-state index < -0.39 is 51.8 Å². The molecule has 0 radical (unpaired) electrons. The number of benzene rings is 4. The van der Waals surface area contributed by atoms with E-state index in [9.17, 15) is 65.9 Å². The number of alkyl halides is 4. The zero-order chi connectivity index (χ0) is 105. The number of aliphatic hydroxyl groups is 4. The molecule has 12 N–H and O–H groups in total. The molecule has 147 heavy (non-hydrogen) atoms. The van der Waals surface area contributed by atoms with E-state index in [1.54, 1.807) is 58.4 Å². The van der Waals surface area contributed by atoms with Crippen LogP contribution in [0.2, 0.25) is 5.02 Å². The molecule has 4 aromatic rings. The standard InChI is InChI=1S/2C30H51N3O4.C26H40ClF2N3O3.C26H39F4N3O3.2H2S/c1-23(2)20-25(21-31-3)32-29(34)33-18-11-12-24(22-33)30(35,17-9-10-19-36-4)27-15-7-8-16-28(27)37-26-13-5-6-14-26;1-23(2)20-26(21-31-3)32-29(34)33-17-9-10-25(22-33)30(35,16-7-8-18-36-4)27-11-5-6-12-28(27)37-19-15-24-13-14-24;1-30-17-23(13-19-15-25(28,29)16-19)31-24(33)32-11-6-8-21(18-32)26(34,10-3-4-12-35-2)20-7-5-9-22(27)14-20;1-31-16-20(13-18-14-25(29,30)15-18)32-24(34)33-11-6-7-19(17-33)26(35,10-3-4-12-36-2)21-8-5-9-22(27)23(21)28;;/h7-8,15-16,23-26,31,35H,5-6,9-14,17-22H2,1-4H3,(H,32,34);5-6,11-12,23-26,31,35H,7-10,13-22H2,1-4H3,(H,32,34);5,7,9,14,19,21,23,30,34H,3-4,6,8,10-13,15-18H2,1-2H3,(H,31,33);5,8-9,18-20,31,35H,3-4,6-7,10-17H2,1-2H3,(H,32,34);2*1H2/t24-,25+,30+;25-,26+,30+;21-,23+,26-;19-,20+,26+;;/m1111../s1. The second-order valence-electron chi connectivity index (χ2n) is 43.7. The number of halogens is 7. The Morgan fingerprint density at radius 2 is 0.755 bits per heavy atom. The first kappa shape index (κ1) is 128. The Bertz CT molecular complexity index is 4420. The summed E-state index contributed by atoms with van der Waals surface area (Å²) in [4.78, 5) is 60.1. The van der Waals surface area contributed by atoms with E-state index in [0.717, 1.165) is 176 Å². The highest BCUT2D eigenvalue weighted by Gasteiger charge is 2.51. The Morgan fingerprint density at radius 1 is 0.415 bits per heavy atom. The monoisotopic (exact) mass is 2140 g/mol. The maximum absolute atomic E-state index is 14.8. The molecule has 35 heteroatoms. The van der Waals surface area contributed by atoms with Crippen LogP contribution in [0.4, 0.5) is 45.5 Å². The molecular formula is C112H185ClF6N12O14S2. The number of carbonyl (C=O) groups excluding carboxylic acids is 4. The number of hydrogen-bond acceptors (Lipinski definition) is 18. The Labute approximate surface area is 893 Å². The van der Waals surface area contributed by atoms with Crippen LogP contribution in [-0.2, 0) is 41.4 Å². The zero-order valence-corrected chi connectivity index (χ0v) is 93.1. The molecule has 0 spiro atoms. The number of ether oxygens (including phenoxy) is 6. The molecule has 4 saturated carbocycles. The van der Waals surface area contributed by atoms with Gasteiger partial charge in [-0.1, -0.05) is 113 Å². The first-order chi connectivity index (χ1) is 69.5. The van der Waals surface area contributed by atoms with Gasteiger partial charge in [0.25, 0.3) is 0 Å². The molecule has 0 bridgehead atoms. The summed E-state index contributed by atoms with van der Waals surface area (Å²) in [6.07, 6.45) is 25.3. The number of likely N-dealkylation sites (tertiary alicyclic amines) is 4. The fourth-order valence-corrected chi connectivity index (χ4v) is 23.3. The second kappa shape index (κ2) is 64.7. The minimum absolute atomic E-state index is 0. The van der Waals surface area contributed by atoms with E-state index in [1.807, 2.05) is 90.6 Å². The lowest BCUT2D eigenvalue weighted by Crippen LogP contribution is -2.54. The summed E-state index contributed by atoms with van der Waals surface area (Å²) in [6.45, 7) is 18.5.